The van der Waals surface area contributed by atoms with Gasteiger partial charge in [0, 0.05) is 31.9 Å². The minimum atomic E-state index is 0.0527. The summed E-state index contributed by atoms with van der Waals surface area (Å²) in [5.41, 5.74) is 4.04. The molecule has 1 aromatic carbocycles. The summed E-state index contributed by atoms with van der Waals surface area (Å²) in [6.07, 6.45) is 0. The van der Waals surface area contributed by atoms with Crippen LogP contribution in [0, 0.1) is 6.92 Å². The Hall–Kier alpha value is -1.81. The first-order valence-corrected chi connectivity index (χ1v) is 7.11. The van der Waals surface area contributed by atoms with Gasteiger partial charge >= 0.3 is 0 Å². The Balaban J connectivity index is 2.12. The second kappa shape index (κ2) is 5.89. The summed E-state index contributed by atoms with van der Waals surface area (Å²) in [5.74, 6) is 0.0527. The van der Waals surface area contributed by atoms with Gasteiger partial charge in [0.05, 0.1) is 0 Å². The van der Waals surface area contributed by atoms with Crippen LogP contribution >= 0.6 is 11.3 Å². The quantitative estimate of drug-likeness (QED) is 0.927. The SMILES string of the molecule is CNc1ccc(C(=O)N(C)Cc2ccsc2)cc1C. The van der Waals surface area contributed by atoms with Crippen LogP contribution in [0.2, 0.25) is 0 Å². The van der Waals surface area contributed by atoms with Crippen molar-refractivity contribution >= 4 is 22.9 Å². The number of aryl methyl sites for hydroxylation is 1. The normalized spacial score (nSPS) is 10.3. The lowest BCUT2D eigenvalue weighted by Gasteiger charge is -2.17. The molecule has 0 radical (unpaired) electrons. The van der Waals surface area contributed by atoms with Crippen molar-refractivity contribution in [2.75, 3.05) is 19.4 Å². The van der Waals surface area contributed by atoms with E-state index in [-0.39, 0.29) is 5.91 Å². The van der Waals surface area contributed by atoms with Crippen LogP contribution in [0.15, 0.2) is 35.0 Å². The van der Waals surface area contributed by atoms with Crippen LogP contribution in [0.4, 0.5) is 5.69 Å². The first kappa shape index (κ1) is 13.6. The number of hydrogen-bond donors (Lipinski definition) is 1. The predicted molar refractivity (Wildman–Crippen MR) is 80.8 cm³/mol. The van der Waals surface area contributed by atoms with Crippen LogP contribution in [0.5, 0.6) is 0 Å². The Morgan fingerprint density at radius 1 is 1.37 bits per heavy atom. The van der Waals surface area contributed by atoms with E-state index in [0.717, 1.165) is 16.8 Å². The molecule has 0 unspecified atom stereocenters. The number of hydrogen-bond acceptors (Lipinski definition) is 3. The molecule has 2 aromatic rings. The third-order valence-corrected chi connectivity index (χ3v) is 3.82. The molecular weight excluding hydrogens is 256 g/mol. The number of anilines is 1. The van der Waals surface area contributed by atoms with Gasteiger partial charge in [-0.25, -0.2) is 0 Å². The molecule has 1 aromatic heterocycles. The Morgan fingerprint density at radius 3 is 2.74 bits per heavy atom. The summed E-state index contributed by atoms with van der Waals surface area (Å²) in [6, 6.07) is 7.79. The van der Waals surface area contributed by atoms with E-state index in [0.29, 0.717) is 6.54 Å². The van der Waals surface area contributed by atoms with E-state index in [1.165, 1.54) is 5.56 Å². The van der Waals surface area contributed by atoms with Gasteiger partial charge in [-0.05, 0) is 53.1 Å². The van der Waals surface area contributed by atoms with E-state index < -0.39 is 0 Å². The van der Waals surface area contributed by atoms with Gasteiger partial charge in [-0.15, -0.1) is 0 Å². The highest BCUT2D eigenvalue weighted by Crippen LogP contribution is 2.17. The number of amides is 1. The lowest BCUT2D eigenvalue weighted by Crippen LogP contribution is -2.26. The third-order valence-electron chi connectivity index (χ3n) is 3.09. The van der Waals surface area contributed by atoms with Crippen molar-refractivity contribution in [3.63, 3.8) is 0 Å². The number of thiophene rings is 1. The molecule has 0 spiro atoms. The number of carbonyl (C=O) groups excluding carboxylic acids is 1. The maximum absolute atomic E-state index is 12.3. The van der Waals surface area contributed by atoms with Crippen LogP contribution in [0.1, 0.15) is 21.5 Å². The van der Waals surface area contributed by atoms with Crippen molar-refractivity contribution in [2.45, 2.75) is 13.5 Å². The molecule has 4 heteroatoms. The van der Waals surface area contributed by atoms with Crippen molar-refractivity contribution in [1.29, 1.82) is 0 Å². The Kier molecular flexibility index (Phi) is 4.22. The van der Waals surface area contributed by atoms with Gasteiger partial charge in [0.2, 0.25) is 0 Å². The topological polar surface area (TPSA) is 32.3 Å². The summed E-state index contributed by atoms with van der Waals surface area (Å²) in [7, 11) is 3.72. The zero-order chi connectivity index (χ0) is 13.8. The average Bonchev–Trinajstić information content (AvgIpc) is 2.90. The molecule has 0 saturated heterocycles. The molecule has 0 fully saturated rings. The first-order chi connectivity index (χ1) is 9.11. The minimum Gasteiger partial charge on any atom is -0.388 e. The van der Waals surface area contributed by atoms with Crippen molar-refractivity contribution in [1.82, 2.24) is 4.90 Å². The zero-order valence-corrected chi connectivity index (χ0v) is 12.3. The second-order valence-corrected chi connectivity index (χ2v) is 5.35. The summed E-state index contributed by atoms with van der Waals surface area (Å²) in [4.78, 5) is 14.1. The number of benzene rings is 1. The average molecular weight is 274 g/mol. The Labute approximate surface area is 117 Å². The second-order valence-electron chi connectivity index (χ2n) is 4.57. The fourth-order valence-corrected chi connectivity index (χ4v) is 2.69. The Bertz CT molecular complexity index is 564. The van der Waals surface area contributed by atoms with Gasteiger partial charge in [0.15, 0.2) is 0 Å². The summed E-state index contributed by atoms with van der Waals surface area (Å²) >= 11 is 1.65. The van der Waals surface area contributed by atoms with E-state index in [1.54, 1.807) is 16.2 Å². The molecule has 0 aliphatic heterocycles. The lowest BCUT2D eigenvalue weighted by molar-refractivity contribution is 0.0785. The molecule has 0 saturated carbocycles. The molecule has 19 heavy (non-hydrogen) atoms. The van der Waals surface area contributed by atoms with Crippen LogP contribution in [0.3, 0.4) is 0 Å². The molecular formula is C15H18N2OS. The fourth-order valence-electron chi connectivity index (χ4n) is 2.03. The highest BCUT2D eigenvalue weighted by molar-refractivity contribution is 7.07. The Morgan fingerprint density at radius 2 is 2.16 bits per heavy atom. The predicted octanol–water partition coefficient (Wildman–Crippen LogP) is 3.37. The molecule has 1 amide bonds. The van der Waals surface area contributed by atoms with Crippen LogP contribution in [-0.2, 0) is 6.54 Å². The highest BCUT2D eigenvalue weighted by Gasteiger charge is 2.13. The summed E-state index contributed by atoms with van der Waals surface area (Å²) < 4.78 is 0. The van der Waals surface area contributed by atoms with E-state index in [9.17, 15) is 4.79 Å². The molecule has 0 aliphatic rings. The smallest absolute Gasteiger partial charge is 0.253 e. The highest BCUT2D eigenvalue weighted by atomic mass is 32.1. The van der Waals surface area contributed by atoms with Crippen LogP contribution in [0.25, 0.3) is 0 Å². The maximum Gasteiger partial charge on any atom is 0.253 e. The van der Waals surface area contributed by atoms with Gasteiger partial charge in [-0.3, -0.25) is 4.79 Å². The first-order valence-electron chi connectivity index (χ1n) is 6.16. The molecule has 3 nitrogen and oxygen atoms in total. The zero-order valence-electron chi connectivity index (χ0n) is 11.4. The third kappa shape index (κ3) is 3.15. The molecule has 2 rings (SSSR count). The van der Waals surface area contributed by atoms with Gasteiger partial charge in [-0.1, -0.05) is 0 Å². The summed E-state index contributed by atoms with van der Waals surface area (Å²) in [5, 5.41) is 7.20. The maximum atomic E-state index is 12.3. The number of rotatable bonds is 4. The van der Waals surface area contributed by atoms with Gasteiger partial charge in [-0.2, -0.15) is 11.3 Å². The molecule has 1 N–H and O–H groups in total. The van der Waals surface area contributed by atoms with E-state index >= 15 is 0 Å². The number of nitrogens with one attached hydrogen (secondary N) is 1. The van der Waals surface area contributed by atoms with Gasteiger partial charge < -0.3 is 10.2 Å². The van der Waals surface area contributed by atoms with Crippen molar-refractivity contribution in [3.8, 4) is 0 Å². The molecule has 0 aliphatic carbocycles. The van der Waals surface area contributed by atoms with Crippen molar-refractivity contribution in [3.05, 3.63) is 51.7 Å². The standard InChI is InChI=1S/C15H18N2OS/c1-11-8-13(4-5-14(11)16-2)15(18)17(3)9-12-6-7-19-10-12/h4-8,10,16H,9H2,1-3H3. The van der Waals surface area contributed by atoms with E-state index in [1.807, 2.05) is 50.7 Å². The van der Waals surface area contributed by atoms with Crippen LogP contribution < -0.4 is 5.32 Å². The largest absolute Gasteiger partial charge is 0.388 e. The van der Waals surface area contributed by atoms with Crippen molar-refractivity contribution in [2.24, 2.45) is 0 Å². The number of carbonyl (C=O) groups is 1. The molecule has 0 atom stereocenters. The molecule has 0 bridgehead atoms. The number of nitrogens with zero attached hydrogens (tertiary/aromatic N) is 1. The van der Waals surface area contributed by atoms with Crippen molar-refractivity contribution < 1.29 is 4.79 Å². The summed E-state index contributed by atoms with van der Waals surface area (Å²) in [6.45, 7) is 2.65. The molecule has 100 valence electrons. The van der Waals surface area contributed by atoms with Gasteiger partial charge in [0.1, 0.15) is 0 Å². The fraction of sp³-hybridized carbons (Fsp3) is 0.267. The molecule has 1 heterocycles. The van der Waals surface area contributed by atoms with Crippen LogP contribution in [-0.4, -0.2) is 24.9 Å². The van der Waals surface area contributed by atoms with E-state index in [2.05, 4.69) is 10.7 Å². The monoisotopic (exact) mass is 274 g/mol. The van der Waals surface area contributed by atoms with Gasteiger partial charge in [0.25, 0.3) is 5.91 Å². The van der Waals surface area contributed by atoms with E-state index in [4.69, 9.17) is 0 Å². The lowest BCUT2D eigenvalue weighted by atomic mass is 10.1. The minimum absolute atomic E-state index is 0.0527.